The zero-order valence-electron chi connectivity index (χ0n) is 10.8. The van der Waals surface area contributed by atoms with Gasteiger partial charge in [0.2, 0.25) is 0 Å². The first-order valence-corrected chi connectivity index (χ1v) is 7.65. The molecule has 0 aliphatic rings. The largest absolute Gasteiger partial charge is 0.290 e. The highest BCUT2D eigenvalue weighted by atomic mass is 35.5. The van der Waals surface area contributed by atoms with Crippen molar-refractivity contribution in [2.75, 3.05) is 0 Å². The molecular weight excluding hydrogens is 292 g/mol. The summed E-state index contributed by atoms with van der Waals surface area (Å²) in [4.78, 5) is 11.6. The number of carbonyl (C=O) groups excluding carboxylic acids is 1. The molecule has 0 saturated heterocycles. The molecule has 0 fully saturated rings. The second kappa shape index (κ2) is 7.33. The Balaban J connectivity index is 1.97. The van der Waals surface area contributed by atoms with Crippen molar-refractivity contribution in [2.45, 2.75) is 11.5 Å². The molecule has 104 valence electrons. The van der Waals surface area contributed by atoms with E-state index in [0.29, 0.717) is 5.56 Å². The third-order valence-corrected chi connectivity index (χ3v) is 4.14. The van der Waals surface area contributed by atoms with Gasteiger partial charge in [-0.2, -0.15) is 11.8 Å². The summed E-state index contributed by atoms with van der Waals surface area (Å²) in [6, 6.07) is 15.3. The molecule has 20 heavy (non-hydrogen) atoms. The zero-order valence-corrected chi connectivity index (χ0v) is 12.4. The Hall–Kier alpha value is -1.49. The van der Waals surface area contributed by atoms with Gasteiger partial charge in [-0.25, -0.2) is 5.84 Å². The van der Waals surface area contributed by atoms with Crippen LogP contribution in [0.5, 0.6) is 0 Å². The minimum Gasteiger partial charge on any atom is -0.290 e. The van der Waals surface area contributed by atoms with Crippen LogP contribution in [-0.4, -0.2) is 5.91 Å². The fraction of sp³-hybridized carbons (Fsp3) is 0.133. The van der Waals surface area contributed by atoms with Gasteiger partial charge in [0.1, 0.15) is 0 Å². The van der Waals surface area contributed by atoms with E-state index in [1.54, 1.807) is 17.8 Å². The van der Waals surface area contributed by atoms with Gasteiger partial charge in [0.15, 0.2) is 0 Å². The second-order valence-electron chi connectivity index (χ2n) is 4.25. The Kier molecular flexibility index (Phi) is 5.47. The quantitative estimate of drug-likeness (QED) is 0.506. The van der Waals surface area contributed by atoms with Crippen LogP contribution in [0.25, 0.3) is 0 Å². The monoisotopic (exact) mass is 306 g/mol. The summed E-state index contributed by atoms with van der Waals surface area (Å²) in [7, 11) is 0. The van der Waals surface area contributed by atoms with Crippen LogP contribution in [0.15, 0.2) is 48.5 Å². The lowest BCUT2D eigenvalue weighted by atomic mass is 10.1. The molecule has 0 aliphatic carbocycles. The minimum atomic E-state index is -0.257. The SMILES string of the molecule is NNC(=O)c1ccccc1CSCc1ccc(Cl)cc1. The summed E-state index contributed by atoms with van der Waals surface area (Å²) in [5, 5.41) is 0.740. The maximum Gasteiger partial charge on any atom is 0.265 e. The fourth-order valence-electron chi connectivity index (χ4n) is 1.80. The summed E-state index contributed by atoms with van der Waals surface area (Å²) < 4.78 is 0. The van der Waals surface area contributed by atoms with E-state index in [1.165, 1.54) is 5.56 Å². The topological polar surface area (TPSA) is 55.1 Å². The summed E-state index contributed by atoms with van der Waals surface area (Å²) in [6.45, 7) is 0. The molecule has 0 unspecified atom stereocenters. The lowest BCUT2D eigenvalue weighted by Gasteiger charge is -2.08. The molecular formula is C15H15ClN2OS. The van der Waals surface area contributed by atoms with Gasteiger partial charge in [-0.15, -0.1) is 0 Å². The molecule has 0 aliphatic heterocycles. The van der Waals surface area contributed by atoms with Crippen molar-refractivity contribution in [3.63, 3.8) is 0 Å². The number of rotatable bonds is 5. The molecule has 3 nitrogen and oxygen atoms in total. The molecule has 1 amide bonds. The van der Waals surface area contributed by atoms with Gasteiger partial charge < -0.3 is 0 Å². The first-order chi connectivity index (χ1) is 9.70. The van der Waals surface area contributed by atoms with Crippen LogP contribution >= 0.6 is 23.4 Å². The average Bonchev–Trinajstić information content (AvgIpc) is 2.49. The Labute approximate surface area is 127 Å². The van der Waals surface area contributed by atoms with Gasteiger partial charge in [-0.1, -0.05) is 41.9 Å². The maximum atomic E-state index is 11.6. The van der Waals surface area contributed by atoms with E-state index in [-0.39, 0.29) is 5.91 Å². The molecule has 0 heterocycles. The highest BCUT2D eigenvalue weighted by Gasteiger charge is 2.09. The van der Waals surface area contributed by atoms with Crippen LogP contribution in [0.3, 0.4) is 0 Å². The van der Waals surface area contributed by atoms with Gasteiger partial charge in [-0.3, -0.25) is 10.2 Å². The normalized spacial score (nSPS) is 10.3. The molecule has 3 N–H and O–H groups in total. The third-order valence-electron chi connectivity index (χ3n) is 2.83. The van der Waals surface area contributed by atoms with Crippen LogP contribution < -0.4 is 11.3 Å². The highest BCUT2D eigenvalue weighted by molar-refractivity contribution is 7.97. The van der Waals surface area contributed by atoms with E-state index < -0.39 is 0 Å². The number of halogens is 1. The predicted molar refractivity (Wildman–Crippen MR) is 84.5 cm³/mol. The molecule has 5 heteroatoms. The lowest BCUT2D eigenvalue weighted by molar-refractivity contribution is 0.0953. The standard InChI is InChI=1S/C15H15ClN2OS/c16-13-7-5-11(6-8-13)9-20-10-12-3-1-2-4-14(12)15(19)18-17/h1-8H,9-10,17H2,(H,18,19). The van der Waals surface area contributed by atoms with Gasteiger partial charge in [0.25, 0.3) is 5.91 Å². The molecule has 0 bridgehead atoms. The number of nitrogens with two attached hydrogens (primary N) is 1. The lowest BCUT2D eigenvalue weighted by Crippen LogP contribution is -2.30. The molecule has 2 rings (SSSR count). The number of thioether (sulfide) groups is 1. The Morgan fingerprint density at radius 2 is 1.80 bits per heavy atom. The Morgan fingerprint density at radius 1 is 1.10 bits per heavy atom. The van der Waals surface area contributed by atoms with E-state index in [0.717, 1.165) is 22.1 Å². The molecule has 0 aromatic heterocycles. The number of nitrogen functional groups attached to an aromatic ring is 1. The number of hydrogen-bond acceptors (Lipinski definition) is 3. The summed E-state index contributed by atoms with van der Waals surface area (Å²) in [5.74, 6) is 6.56. The number of hydrogen-bond donors (Lipinski definition) is 2. The van der Waals surface area contributed by atoms with E-state index in [2.05, 4.69) is 5.43 Å². The molecule has 2 aromatic carbocycles. The van der Waals surface area contributed by atoms with Crippen molar-refractivity contribution in [2.24, 2.45) is 5.84 Å². The van der Waals surface area contributed by atoms with Crippen LogP contribution in [0.4, 0.5) is 0 Å². The molecule has 0 spiro atoms. The Morgan fingerprint density at radius 3 is 2.50 bits per heavy atom. The zero-order chi connectivity index (χ0) is 14.4. The molecule has 2 aromatic rings. The minimum absolute atomic E-state index is 0.257. The first-order valence-electron chi connectivity index (χ1n) is 6.11. The van der Waals surface area contributed by atoms with Crippen molar-refractivity contribution < 1.29 is 4.79 Å². The van der Waals surface area contributed by atoms with E-state index in [1.807, 2.05) is 42.5 Å². The molecule has 0 radical (unpaired) electrons. The van der Waals surface area contributed by atoms with Gasteiger partial charge in [0.05, 0.1) is 0 Å². The summed E-state index contributed by atoms with van der Waals surface area (Å²) in [5.41, 5.74) is 4.99. The van der Waals surface area contributed by atoms with Crippen molar-refractivity contribution in [1.82, 2.24) is 5.43 Å². The summed E-state index contributed by atoms with van der Waals surface area (Å²) in [6.07, 6.45) is 0. The number of carbonyl (C=O) groups is 1. The molecule has 0 atom stereocenters. The number of amides is 1. The van der Waals surface area contributed by atoms with Crippen LogP contribution in [0.2, 0.25) is 5.02 Å². The van der Waals surface area contributed by atoms with Gasteiger partial charge in [0, 0.05) is 22.1 Å². The van der Waals surface area contributed by atoms with Gasteiger partial charge >= 0.3 is 0 Å². The fourth-order valence-corrected chi connectivity index (χ4v) is 2.93. The predicted octanol–water partition coefficient (Wildman–Crippen LogP) is 3.38. The van der Waals surface area contributed by atoms with Crippen LogP contribution in [0.1, 0.15) is 21.5 Å². The van der Waals surface area contributed by atoms with Crippen molar-refractivity contribution >= 4 is 29.3 Å². The van der Waals surface area contributed by atoms with Crippen LogP contribution in [0, 0.1) is 0 Å². The maximum absolute atomic E-state index is 11.6. The first kappa shape index (κ1) is 14.9. The van der Waals surface area contributed by atoms with E-state index in [9.17, 15) is 4.79 Å². The third kappa shape index (κ3) is 4.00. The number of benzene rings is 2. The van der Waals surface area contributed by atoms with Gasteiger partial charge in [-0.05, 0) is 29.3 Å². The second-order valence-corrected chi connectivity index (χ2v) is 5.67. The number of hydrazine groups is 1. The smallest absolute Gasteiger partial charge is 0.265 e. The van der Waals surface area contributed by atoms with Crippen molar-refractivity contribution in [3.8, 4) is 0 Å². The van der Waals surface area contributed by atoms with Crippen LogP contribution in [-0.2, 0) is 11.5 Å². The number of nitrogens with one attached hydrogen (secondary N) is 1. The van der Waals surface area contributed by atoms with Crippen molar-refractivity contribution in [1.29, 1.82) is 0 Å². The average molecular weight is 307 g/mol. The highest BCUT2D eigenvalue weighted by Crippen LogP contribution is 2.21. The van der Waals surface area contributed by atoms with E-state index >= 15 is 0 Å². The van der Waals surface area contributed by atoms with E-state index in [4.69, 9.17) is 17.4 Å². The Bertz CT molecular complexity index is 587. The molecule has 0 saturated carbocycles. The summed E-state index contributed by atoms with van der Waals surface area (Å²) >= 11 is 7.59. The van der Waals surface area contributed by atoms with Crippen molar-refractivity contribution in [3.05, 3.63) is 70.2 Å².